The summed E-state index contributed by atoms with van der Waals surface area (Å²) < 4.78 is 6.07. The molecule has 0 aliphatic carbocycles. The quantitative estimate of drug-likeness (QED) is 0.403. The molecule has 166 valence electrons. The molecule has 0 bridgehead atoms. The Hall–Kier alpha value is -3.59. The van der Waals surface area contributed by atoms with Gasteiger partial charge in [0.2, 0.25) is 0 Å². The third-order valence-electron chi connectivity index (χ3n) is 7.64. The zero-order valence-corrected chi connectivity index (χ0v) is 19.4. The zero-order chi connectivity index (χ0) is 23.1. The SMILES string of the molecule is CC1(C)CCN2CCC(C)(C)c3c2c1cc1c(C#N)c(-c2nc4ccccc4[nH]2)c(=O)oc31. The van der Waals surface area contributed by atoms with Crippen molar-refractivity contribution in [3.63, 3.8) is 0 Å². The van der Waals surface area contributed by atoms with E-state index < -0.39 is 5.63 Å². The van der Waals surface area contributed by atoms with E-state index in [9.17, 15) is 10.1 Å². The van der Waals surface area contributed by atoms with Crippen LogP contribution in [-0.4, -0.2) is 23.1 Å². The molecular weight excluding hydrogens is 412 g/mol. The van der Waals surface area contributed by atoms with Crippen molar-refractivity contribution in [2.24, 2.45) is 0 Å². The summed E-state index contributed by atoms with van der Waals surface area (Å²) in [7, 11) is 0. The number of aromatic amines is 1. The molecule has 2 aliphatic heterocycles. The number of nitriles is 1. The monoisotopic (exact) mass is 438 g/mol. The maximum atomic E-state index is 13.4. The third kappa shape index (κ3) is 2.72. The molecule has 0 saturated heterocycles. The van der Waals surface area contributed by atoms with Gasteiger partial charge in [0.05, 0.1) is 16.6 Å². The smallest absolute Gasteiger partial charge is 0.348 e. The van der Waals surface area contributed by atoms with Crippen molar-refractivity contribution >= 4 is 27.7 Å². The van der Waals surface area contributed by atoms with Gasteiger partial charge in [-0.05, 0) is 47.4 Å². The summed E-state index contributed by atoms with van der Waals surface area (Å²) in [6.07, 6.45) is 2.01. The normalized spacial score (nSPS) is 18.3. The Kier molecular flexibility index (Phi) is 3.93. The lowest BCUT2D eigenvalue weighted by Crippen LogP contribution is -2.44. The highest BCUT2D eigenvalue weighted by molar-refractivity contribution is 5.97. The van der Waals surface area contributed by atoms with Crippen LogP contribution in [0.1, 0.15) is 57.2 Å². The van der Waals surface area contributed by atoms with Crippen molar-refractivity contribution in [1.82, 2.24) is 9.97 Å². The number of anilines is 1. The Morgan fingerprint density at radius 2 is 1.85 bits per heavy atom. The molecular formula is C27H26N4O2. The molecule has 0 fully saturated rings. The molecule has 0 atom stereocenters. The summed E-state index contributed by atoms with van der Waals surface area (Å²) >= 11 is 0. The van der Waals surface area contributed by atoms with Crippen molar-refractivity contribution in [2.75, 3.05) is 18.0 Å². The van der Waals surface area contributed by atoms with E-state index in [2.05, 4.69) is 54.7 Å². The van der Waals surface area contributed by atoms with Gasteiger partial charge in [-0.1, -0.05) is 39.8 Å². The number of fused-ring (bicyclic) bond motifs is 3. The summed E-state index contributed by atoms with van der Waals surface area (Å²) in [5, 5.41) is 11.0. The fourth-order valence-electron chi connectivity index (χ4n) is 5.63. The molecule has 6 nitrogen and oxygen atoms in total. The summed E-state index contributed by atoms with van der Waals surface area (Å²) in [5.41, 5.74) is 5.37. The largest absolute Gasteiger partial charge is 0.422 e. The first kappa shape index (κ1) is 20.0. The minimum Gasteiger partial charge on any atom is -0.422 e. The molecule has 6 heteroatoms. The maximum absolute atomic E-state index is 13.4. The Balaban J connectivity index is 1.76. The summed E-state index contributed by atoms with van der Waals surface area (Å²) in [6, 6.07) is 12.0. The Morgan fingerprint density at radius 1 is 1.12 bits per heavy atom. The van der Waals surface area contributed by atoms with Crippen LogP contribution in [0.25, 0.3) is 33.4 Å². The van der Waals surface area contributed by atoms with Gasteiger partial charge >= 0.3 is 5.63 Å². The average Bonchev–Trinajstić information content (AvgIpc) is 3.19. The molecule has 0 spiro atoms. The fraction of sp³-hybridized carbons (Fsp3) is 0.370. The van der Waals surface area contributed by atoms with Gasteiger partial charge in [-0.15, -0.1) is 0 Å². The van der Waals surface area contributed by atoms with Gasteiger partial charge in [0.25, 0.3) is 0 Å². The molecule has 6 rings (SSSR count). The minimum atomic E-state index is -0.530. The number of benzene rings is 2. The first-order chi connectivity index (χ1) is 15.7. The number of hydrogen-bond acceptors (Lipinski definition) is 5. The predicted octanol–water partition coefficient (Wildman–Crippen LogP) is 5.38. The highest BCUT2D eigenvalue weighted by Crippen LogP contribution is 2.52. The van der Waals surface area contributed by atoms with E-state index in [0.29, 0.717) is 22.4 Å². The van der Waals surface area contributed by atoms with Crippen molar-refractivity contribution in [1.29, 1.82) is 5.26 Å². The number of aromatic nitrogens is 2. The number of nitrogens with one attached hydrogen (secondary N) is 1. The topological polar surface area (TPSA) is 85.9 Å². The summed E-state index contributed by atoms with van der Waals surface area (Å²) in [4.78, 5) is 23.6. The molecule has 4 aromatic rings. The summed E-state index contributed by atoms with van der Waals surface area (Å²) in [5.74, 6) is 0.370. The molecule has 0 amide bonds. The first-order valence-corrected chi connectivity index (χ1v) is 11.5. The van der Waals surface area contributed by atoms with Crippen molar-refractivity contribution in [3.8, 4) is 17.5 Å². The van der Waals surface area contributed by atoms with Crippen LogP contribution in [0, 0.1) is 11.3 Å². The van der Waals surface area contributed by atoms with Crippen LogP contribution in [0.4, 0.5) is 5.69 Å². The third-order valence-corrected chi connectivity index (χ3v) is 7.64. The number of H-pyrrole nitrogens is 1. The molecule has 33 heavy (non-hydrogen) atoms. The number of nitrogens with zero attached hydrogens (tertiary/aromatic N) is 3. The van der Waals surface area contributed by atoms with Gasteiger partial charge in [-0.25, -0.2) is 9.78 Å². The number of rotatable bonds is 1. The van der Waals surface area contributed by atoms with Crippen molar-refractivity contribution in [2.45, 2.75) is 51.4 Å². The molecule has 0 radical (unpaired) electrons. The van der Waals surface area contributed by atoms with E-state index in [1.165, 1.54) is 11.3 Å². The van der Waals surface area contributed by atoms with E-state index in [1.807, 2.05) is 24.3 Å². The van der Waals surface area contributed by atoms with Crippen LogP contribution in [0.3, 0.4) is 0 Å². The molecule has 1 N–H and O–H groups in total. The van der Waals surface area contributed by atoms with Crippen LogP contribution in [0.5, 0.6) is 0 Å². The number of para-hydroxylation sites is 2. The lowest BCUT2D eigenvalue weighted by Gasteiger charge is -2.48. The van der Waals surface area contributed by atoms with Crippen LogP contribution in [0.2, 0.25) is 0 Å². The Morgan fingerprint density at radius 3 is 2.58 bits per heavy atom. The Bertz CT molecular complexity index is 1530. The van der Waals surface area contributed by atoms with Gasteiger partial charge < -0.3 is 14.3 Å². The molecule has 0 saturated carbocycles. The van der Waals surface area contributed by atoms with E-state index in [1.54, 1.807) is 0 Å². The van der Waals surface area contributed by atoms with Gasteiger partial charge in [-0.2, -0.15) is 5.26 Å². The lowest BCUT2D eigenvalue weighted by molar-refractivity contribution is 0.398. The molecule has 2 aliphatic rings. The van der Waals surface area contributed by atoms with Crippen molar-refractivity contribution < 1.29 is 4.42 Å². The second-order valence-corrected chi connectivity index (χ2v) is 10.6. The Labute approximate surface area is 191 Å². The van der Waals surface area contributed by atoms with Gasteiger partial charge in [0, 0.05) is 29.7 Å². The standard InChI is InChI=1S/C27H26N4O2/c1-26(2)9-11-31-12-10-27(3,4)21-22(31)17(26)13-15-16(14-28)20(25(32)33-23(15)21)24-29-18-7-5-6-8-19(18)30-24/h5-8,13H,9-12H2,1-4H3,(H,29,30). The van der Waals surface area contributed by atoms with Gasteiger partial charge in [-0.3, -0.25) is 0 Å². The van der Waals surface area contributed by atoms with Crippen LogP contribution in [0.15, 0.2) is 39.5 Å². The van der Waals surface area contributed by atoms with Gasteiger partial charge in [0.1, 0.15) is 23.0 Å². The molecule has 4 heterocycles. The number of hydrogen-bond donors (Lipinski definition) is 1. The van der Waals surface area contributed by atoms with E-state index in [0.717, 1.165) is 42.5 Å². The zero-order valence-electron chi connectivity index (χ0n) is 19.4. The van der Waals surface area contributed by atoms with E-state index in [4.69, 9.17) is 4.42 Å². The van der Waals surface area contributed by atoms with Crippen LogP contribution < -0.4 is 10.5 Å². The van der Waals surface area contributed by atoms with Crippen LogP contribution in [-0.2, 0) is 10.8 Å². The lowest BCUT2D eigenvalue weighted by atomic mass is 9.69. The minimum absolute atomic E-state index is 0.0371. The second-order valence-electron chi connectivity index (χ2n) is 10.6. The molecule has 2 aromatic carbocycles. The highest BCUT2D eigenvalue weighted by Gasteiger charge is 2.42. The van der Waals surface area contributed by atoms with Crippen molar-refractivity contribution in [3.05, 3.63) is 57.4 Å². The van der Waals surface area contributed by atoms with E-state index in [-0.39, 0.29) is 16.4 Å². The second kappa shape index (κ2) is 6.48. The number of imidazole rings is 1. The average molecular weight is 439 g/mol. The predicted molar refractivity (Wildman–Crippen MR) is 130 cm³/mol. The molecule has 2 aromatic heterocycles. The maximum Gasteiger partial charge on any atom is 0.348 e. The first-order valence-electron chi connectivity index (χ1n) is 11.5. The van der Waals surface area contributed by atoms with Crippen LogP contribution >= 0.6 is 0 Å². The molecule has 0 unspecified atom stereocenters. The van der Waals surface area contributed by atoms with E-state index >= 15 is 0 Å². The van der Waals surface area contributed by atoms with Gasteiger partial charge in [0.15, 0.2) is 0 Å². The summed E-state index contributed by atoms with van der Waals surface area (Å²) in [6.45, 7) is 10.9. The highest BCUT2D eigenvalue weighted by atomic mass is 16.4. The fourth-order valence-corrected chi connectivity index (χ4v) is 5.63.